The second-order valence-electron chi connectivity index (χ2n) is 4.06. The van der Waals surface area contributed by atoms with Crippen molar-refractivity contribution in [3.63, 3.8) is 0 Å². The highest BCUT2D eigenvalue weighted by Gasteiger charge is 2.46. The van der Waals surface area contributed by atoms with E-state index in [-0.39, 0.29) is 6.04 Å². The number of halogens is 1. The number of benzene rings is 1. The molecule has 0 aromatic heterocycles. The lowest BCUT2D eigenvalue weighted by molar-refractivity contribution is 0.313. The molecule has 0 amide bonds. The molecule has 1 aliphatic carbocycles. The average molecular weight is 193 g/mol. The second kappa shape index (κ2) is 3.35. The van der Waals surface area contributed by atoms with Crippen molar-refractivity contribution >= 4 is 0 Å². The van der Waals surface area contributed by atoms with E-state index in [4.69, 9.17) is 0 Å². The zero-order valence-electron chi connectivity index (χ0n) is 8.68. The maximum Gasteiger partial charge on any atom is 0.136 e. The summed E-state index contributed by atoms with van der Waals surface area (Å²) >= 11 is 0. The van der Waals surface area contributed by atoms with Crippen LogP contribution in [0.1, 0.15) is 36.9 Å². The third kappa shape index (κ3) is 1.55. The minimum absolute atomic E-state index is 0.222. The van der Waals surface area contributed by atoms with Crippen LogP contribution in [0.3, 0.4) is 0 Å². The van der Waals surface area contributed by atoms with Crippen LogP contribution < -0.4 is 5.32 Å². The first-order valence-electron chi connectivity index (χ1n) is 5.13. The summed E-state index contributed by atoms with van der Waals surface area (Å²) in [5, 5.41) is 3.15. The van der Waals surface area contributed by atoms with Crippen LogP contribution in [0.15, 0.2) is 24.3 Å². The molecule has 1 saturated carbocycles. The van der Waals surface area contributed by atoms with Gasteiger partial charge < -0.3 is 5.32 Å². The molecule has 14 heavy (non-hydrogen) atoms. The molecular weight excluding hydrogens is 177 g/mol. The Hall–Kier alpha value is -0.890. The summed E-state index contributed by atoms with van der Waals surface area (Å²) in [5.41, 5.74) is 0.943. The van der Waals surface area contributed by atoms with E-state index in [2.05, 4.69) is 12.2 Å². The van der Waals surface area contributed by atoms with Crippen molar-refractivity contribution in [2.24, 2.45) is 0 Å². The molecule has 2 rings (SSSR count). The summed E-state index contributed by atoms with van der Waals surface area (Å²) in [7, 11) is 1.90. The zero-order chi connectivity index (χ0) is 10.2. The number of nitrogens with one attached hydrogen (secondary N) is 1. The predicted molar refractivity (Wildman–Crippen MR) is 55.9 cm³/mol. The third-order valence-corrected chi connectivity index (χ3v) is 3.03. The molecule has 0 spiro atoms. The molecule has 1 N–H and O–H groups in total. The van der Waals surface area contributed by atoms with Gasteiger partial charge in [0.2, 0.25) is 0 Å². The van der Waals surface area contributed by atoms with Gasteiger partial charge in [-0.25, -0.2) is 4.39 Å². The largest absolute Gasteiger partial charge is 0.313 e. The fourth-order valence-corrected chi connectivity index (χ4v) is 1.82. The van der Waals surface area contributed by atoms with Crippen LogP contribution in [0, 0.1) is 0 Å². The summed E-state index contributed by atoms with van der Waals surface area (Å²) in [6, 6.07) is 8.03. The fourth-order valence-electron chi connectivity index (χ4n) is 1.82. The molecule has 1 atom stereocenters. The van der Waals surface area contributed by atoms with Crippen molar-refractivity contribution in [2.45, 2.75) is 31.5 Å². The molecule has 1 fully saturated rings. The minimum Gasteiger partial charge on any atom is -0.313 e. The molecule has 2 heteroatoms. The average Bonchev–Trinajstić information content (AvgIpc) is 2.97. The van der Waals surface area contributed by atoms with Crippen molar-refractivity contribution in [2.75, 3.05) is 7.05 Å². The lowest BCUT2D eigenvalue weighted by atomic mass is 9.97. The van der Waals surface area contributed by atoms with E-state index in [0.717, 1.165) is 11.1 Å². The third-order valence-electron chi connectivity index (χ3n) is 3.03. The van der Waals surface area contributed by atoms with E-state index in [1.807, 2.05) is 31.3 Å². The van der Waals surface area contributed by atoms with Crippen LogP contribution in [0.25, 0.3) is 0 Å². The molecule has 1 nitrogen and oxygen atoms in total. The Morgan fingerprint density at radius 3 is 2.57 bits per heavy atom. The first kappa shape index (κ1) is 9.66. The topological polar surface area (TPSA) is 12.0 Å². The second-order valence-corrected chi connectivity index (χ2v) is 4.06. The molecule has 1 aromatic carbocycles. The van der Waals surface area contributed by atoms with Crippen molar-refractivity contribution in [1.82, 2.24) is 5.32 Å². The van der Waals surface area contributed by atoms with Crippen molar-refractivity contribution in [3.8, 4) is 0 Å². The van der Waals surface area contributed by atoms with E-state index in [0.29, 0.717) is 12.8 Å². The molecule has 0 heterocycles. The van der Waals surface area contributed by atoms with Gasteiger partial charge in [-0.05, 0) is 37.9 Å². The molecule has 0 bridgehead atoms. The molecule has 76 valence electrons. The fraction of sp³-hybridized carbons (Fsp3) is 0.500. The molecular formula is C12H16FN. The van der Waals surface area contributed by atoms with Gasteiger partial charge in [-0.3, -0.25) is 0 Å². The Labute approximate surface area is 84.3 Å². The van der Waals surface area contributed by atoms with Gasteiger partial charge in [-0.1, -0.05) is 24.3 Å². The normalized spacial score (nSPS) is 20.5. The molecule has 0 saturated heterocycles. The van der Waals surface area contributed by atoms with E-state index in [1.54, 1.807) is 0 Å². The Morgan fingerprint density at radius 1 is 1.36 bits per heavy atom. The van der Waals surface area contributed by atoms with Crippen LogP contribution in [-0.2, 0) is 5.67 Å². The Kier molecular flexibility index (Phi) is 2.31. The minimum atomic E-state index is -1.03. The summed E-state index contributed by atoms with van der Waals surface area (Å²) in [6.07, 6.45) is 1.36. The highest BCUT2D eigenvalue weighted by molar-refractivity contribution is 5.37. The molecule has 1 aromatic rings. The molecule has 0 radical (unpaired) electrons. The number of hydrogen-bond acceptors (Lipinski definition) is 1. The summed E-state index contributed by atoms with van der Waals surface area (Å²) in [5.74, 6) is 0. The number of rotatable bonds is 3. The SMILES string of the molecule is CNC(C)c1ccccc1C1(F)CC1. The van der Waals surface area contributed by atoms with Gasteiger partial charge in [0, 0.05) is 6.04 Å². The van der Waals surface area contributed by atoms with E-state index < -0.39 is 5.67 Å². The van der Waals surface area contributed by atoms with Gasteiger partial charge in [0.1, 0.15) is 5.67 Å². The maximum atomic E-state index is 14.0. The van der Waals surface area contributed by atoms with Crippen LogP contribution >= 0.6 is 0 Å². The van der Waals surface area contributed by atoms with Gasteiger partial charge in [0.15, 0.2) is 0 Å². The van der Waals surface area contributed by atoms with Gasteiger partial charge in [-0.15, -0.1) is 0 Å². The first-order valence-corrected chi connectivity index (χ1v) is 5.13. The Bertz CT molecular complexity index is 331. The number of alkyl halides is 1. The maximum absolute atomic E-state index is 14.0. The molecule has 1 aliphatic rings. The van der Waals surface area contributed by atoms with Gasteiger partial charge in [-0.2, -0.15) is 0 Å². The Morgan fingerprint density at radius 2 is 2.00 bits per heavy atom. The summed E-state index contributed by atoms with van der Waals surface area (Å²) < 4.78 is 14.0. The quantitative estimate of drug-likeness (QED) is 0.778. The van der Waals surface area contributed by atoms with Crippen molar-refractivity contribution < 1.29 is 4.39 Å². The van der Waals surface area contributed by atoms with Crippen molar-refractivity contribution in [3.05, 3.63) is 35.4 Å². The lowest BCUT2D eigenvalue weighted by Crippen LogP contribution is -2.16. The van der Waals surface area contributed by atoms with Crippen LogP contribution in [0.5, 0.6) is 0 Å². The number of hydrogen-bond donors (Lipinski definition) is 1. The van der Waals surface area contributed by atoms with E-state index >= 15 is 0 Å². The van der Waals surface area contributed by atoms with E-state index in [1.165, 1.54) is 0 Å². The van der Waals surface area contributed by atoms with Crippen molar-refractivity contribution in [1.29, 1.82) is 0 Å². The lowest BCUT2D eigenvalue weighted by Gasteiger charge is -2.17. The van der Waals surface area contributed by atoms with Gasteiger partial charge in [0.25, 0.3) is 0 Å². The van der Waals surface area contributed by atoms with Gasteiger partial charge in [0.05, 0.1) is 0 Å². The predicted octanol–water partition coefficient (Wildman–Crippen LogP) is 2.93. The van der Waals surface area contributed by atoms with Gasteiger partial charge >= 0.3 is 0 Å². The molecule has 1 unspecified atom stereocenters. The summed E-state index contributed by atoms with van der Waals surface area (Å²) in [6.45, 7) is 2.06. The highest BCUT2D eigenvalue weighted by Crippen LogP contribution is 2.51. The van der Waals surface area contributed by atoms with Crippen LogP contribution in [-0.4, -0.2) is 7.05 Å². The highest BCUT2D eigenvalue weighted by atomic mass is 19.1. The zero-order valence-corrected chi connectivity index (χ0v) is 8.68. The van der Waals surface area contributed by atoms with E-state index in [9.17, 15) is 4.39 Å². The van der Waals surface area contributed by atoms with Crippen LogP contribution in [0.2, 0.25) is 0 Å². The standard InChI is InChI=1S/C12H16FN/c1-9(14-2)10-5-3-4-6-11(10)12(13)7-8-12/h3-6,9,14H,7-8H2,1-2H3. The summed E-state index contributed by atoms with van der Waals surface area (Å²) in [4.78, 5) is 0. The smallest absolute Gasteiger partial charge is 0.136 e. The Balaban J connectivity index is 2.38. The molecule has 0 aliphatic heterocycles. The monoisotopic (exact) mass is 193 g/mol. The first-order chi connectivity index (χ1) is 6.67. The van der Waals surface area contributed by atoms with Crippen LogP contribution in [0.4, 0.5) is 4.39 Å².